The van der Waals surface area contributed by atoms with Gasteiger partial charge in [0.2, 0.25) is 0 Å². The van der Waals surface area contributed by atoms with E-state index in [1.54, 1.807) is 13.8 Å². The molecular formula is C12H29O9P3. The van der Waals surface area contributed by atoms with E-state index in [1.807, 2.05) is 0 Å². The first-order valence-corrected chi connectivity index (χ1v) is 12.4. The molecule has 0 radical (unpaired) electrons. The molecule has 0 aliphatic carbocycles. The van der Waals surface area contributed by atoms with Gasteiger partial charge >= 0.3 is 23.4 Å². The fourth-order valence-electron chi connectivity index (χ4n) is 1.68. The zero-order valence-corrected chi connectivity index (χ0v) is 17.5. The van der Waals surface area contributed by atoms with Gasteiger partial charge in [0.1, 0.15) is 0 Å². The van der Waals surface area contributed by atoms with Gasteiger partial charge in [0, 0.05) is 14.2 Å². The lowest BCUT2D eigenvalue weighted by atomic mass is 10.5. The van der Waals surface area contributed by atoms with Gasteiger partial charge in [-0.05, 0) is 26.7 Å². The Morgan fingerprint density at radius 2 is 1.17 bits per heavy atom. The molecule has 0 amide bonds. The molecule has 0 aliphatic rings. The normalized spacial score (nSPS) is 18.0. The minimum atomic E-state index is -3.09. The lowest BCUT2D eigenvalue weighted by Gasteiger charge is -2.15. The third-order valence-electron chi connectivity index (χ3n) is 2.80. The Bertz CT molecular complexity index is 405. The van der Waals surface area contributed by atoms with Gasteiger partial charge in [-0.3, -0.25) is 13.7 Å². The Morgan fingerprint density at radius 3 is 1.46 bits per heavy atom. The number of rotatable bonds is 16. The van der Waals surface area contributed by atoms with Crippen LogP contribution in [0.1, 0.15) is 26.7 Å². The lowest BCUT2D eigenvalue weighted by Crippen LogP contribution is -2.02. The van der Waals surface area contributed by atoms with Gasteiger partial charge in [-0.1, -0.05) is 0 Å². The third kappa shape index (κ3) is 11.1. The van der Waals surface area contributed by atoms with Gasteiger partial charge in [-0.25, -0.2) is 0 Å². The average Bonchev–Trinajstić information content (AvgIpc) is 2.56. The fraction of sp³-hybridized carbons (Fsp3) is 1.00. The Hall–Kier alpha value is 0.450. The second kappa shape index (κ2) is 13.6. The van der Waals surface area contributed by atoms with Crippen molar-refractivity contribution in [2.24, 2.45) is 0 Å². The van der Waals surface area contributed by atoms with E-state index in [0.29, 0.717) is 26.1 Å². The Balaban J connectivity index is 3.85. The van der Waals surface area contributed by atoms with E-state index in [0.717, 1.165) is 0 Å². The van der Waals surface area contributed by atoms with Gasteiger partial charge in [0.25, 0.3) is 0 Å². The monoisotopic (exact) mass is 410 g/mol. The summed E-state index contributed by atoms with van der Waals surface area (Å²) in [5.74, 6) is 0. The molecule has 0 N–H and O–H groups in total. The predicted octanol–water partition coefficient (Wildman–Crippen LogP) is 3.94. The van der Waals surface area contributed by atoms with Crippen LogP contribution in [0.2, 0.25) is 0 Å². The van der Waals surface area contributed by atoms with Gasteiger partial charge in [-0.2, -0.15) is 0 Å². The van der Waals surface area contributed by atoms with Crippen LogP contribution in [0.15, 0.2) is 0 Å². The van der Waals surface area contributed by atoms with E-state index < -0.39 is 23.4 Å². The van der Waals surface area contributed by atoms with Crippen LogP contribution in [0, 0.1) is 0 Å². The summed E-state index contributed by atoms with van der Waals surface area (Å²) in [4.78, 5) is 0. The maximum absolute atomic E-state index is 12.0. The van der Waals surface area contributed by atoms with Crippen molar-refractivity contribution < 1.29 is 40.8 Å². The molecule has 0 aromatic heterocycles. The standard InChI is InChI=1S/C12H29O9P3/c1-5-20-23(14,16-3)11-7-9-18-22(13)19-10-8-12-24(15,17-4)21-6-2/h22H,5-12H2,1-4H3. The number of hydrogen-bond donors (Lipinski definition) is 0. The predicted molar refractivity (Wildman–Crippen MR) is 92.4 cm³/mol. The summed E-state index contributed by atoms with van der Waals surface area (Å²) in [7, 11) is -6.18. The zero-order chi connectivity index (χ0) is 18.5. The smallest absolute Gasteiger partial charge is 0.312 e. The van der Waals surface area contributed by atoms with Crippen molar-refractivity contribution in [3.63, 3.8) is 0 Å². The maximum atomic E-state index is 12.0. The largest absolute Gasteiger partial charge is 0.330 e. The van der Waals surface area contributed by atoms with Crippen LogP contribution < -0.4 is 0 Å². The molecule has 0 rings (SSSR count). The number of hydrogen-bond acceptors (Lipinski definition) is 9. The molecule has 0 spiro atoms. The van der Waals surface area contributed by atoms with Crippen LogP contribution in [0.3, 0.4) is 0 Å². The highest BCUT2D eigenvalue weighted by Gasteiger charge is 2.22. The molecule has 0 aliphatic heterocycles. The zero-order valence-electron chi connectivity index (χ0n) is 14.7. The van der Waals surface area contributed by atoms with Crippen LogP contribution in [-0.4, -0.2) is 53.0 Å². The summed E-state index contributed by atoms with van der Waals surface area (Å²) in [5.41, 5.74) is 0. The Morgan fingerprint density at radius 1 is 0.792 bits per heavy atom. The Kier molecular flexibility index (Phi) is 13.9. The first-order chi connectivity index (χ1) is 11.3. The highest BCUT2D eigenvalue weighted by molar-refractivity contribution is 7.54. The van der Waals surface area contributed by atoms with Gasteiger partial charge in [0.05, 0.1) is 38.8 Å². The van der Waals surface area contributed by atoms with Crippen LogP contribution in [0.25, 0.3) is 0 Å². The highest BCUT2D eigenvalue weighted by Crippen LogP contribution is 2.48. The minimum absolute atomic E-state index is 0.119. The fourth-order valence-corrected chi connectivity index (χ4v) is 5.04. The summed E-state index contributed by atoms with van der Waals surface area (Å²) in [6, 6.07) is 0. The molecule has 12 heteroatoms. The molecule has 0 saturated carbocycles. The van der Waals surface area contributed by atoms with E-state index in [1.165, 1.54) is 14.2 Å². The first-order valence-electron chi connectivity index (χ1n) is 7.73. The maximum Gasteiger partial charge on any atom is 0.330 e. The van der Waals surface area contributed by atoms with Crippen molar-refractivity contribution in [1.29, 1.82) is 0 Å². The first kappa shape index (κ1) is 24.5. The third-order valence-corrected chi connectivity index (χ3v) is 7.82. The van der Waals surface area contributed by atoms with E-state index in [2.05, 4.69) is 0 Å². The van der Waals surface area contributed by atoms with Crippen molar-refractivity contribution in [1.82, 2.24) is 0 Å². The molecule has 0 bridgehead atoms. The van der Waals surface area contributed by atoms with E-state index in [9.17, 15) is 13.7 Å². The molecule has 0 saturated heterocycles. The second-order valence-corrected chi connectivity index (χ2v) is 10.2. The lowest BCUT2D eigenvalue weighted by molar-refractivity contribution is 0.214. The summed E-state index contributed by atoms with van der Waals surface area (Å²) < 4.78 is 65.4. The van der Waals surface area contributed by atoms with E-state index in [4.69, 9.17) is 27.1 Å². The van der Waals surface area contributed by atoms with Crippen molar-refractivity contribution in [2.75, 3.05) is 53.0 Å². The van der Waals surface area contributed by atoms with E-state index in [-0.39, 0.29) is 25.5 Å². The summed E-state index contributed by atoms with van der Waals surface area (Å²) in [6.45, 7) is 4.27. The molecule has 0 aromatic rings. The van der Waals surface area contributed by atoms with Crippen molar-refractivity contribution in [2.45, 2.75) is 26.7 Å². The molecule has 2 unspecified atom stereocenters. The van der Waals surface area contributed by atoms with Crippen molar-refractivity contribution in [3.8, 4) is 0 Å². The van der Waals surface area contributed by atoms with Gasteiger partial charge in [-0.15, -0.1) is 0 Å². The summed E-state index contributed by atoms with van der Waals surface area (Å²) in [6.07, 6.45) is 1.10. The SMILES string of the molecule is CCOP(=O)(CCCO[PH](=O)OCCCP(=O)(OC)OCC)OC. The summed E-state index contributed by atoms with van der Waals surface area (Å²) in [5, 5.41) is 0. The molecule has 9 nitrogen and oxygen atoms in total. The Labute approximate surface area is 144 Å². The molecule has 0 fully saturated rings. The van der Waals surface area contributed by atoms with Crippen LogP contribution >= 0.6 is 23.4 Å². The van der Waals surface area contributed by atoms with Crippen molar-refractivity contribution in [3.05, 3.63) is 0 Å². The molecule has 0 heterocycles. The van der Waals surface area contributed by atoms with Gasteiger partial charge < -0.3 is 27.1 Å². The molecular weight excluding hydrogens is 381 g/mol. The highest BCUT2D eigenvalue weighted by atomic mass is 31.2. The quantitative estimate of drug-likeness (QED) is 0.276. The minimum Gasteiger partial charge on any atom is -0.312 e. The topological polar surface area (TPSA) is 107 Å². The van der Waals surface area contributed by atoms with Gasteiger partial charge in [0.15, 0.2) is 0 Å². The molecule has 146 valence electrons. The molecule has 0 aromatic carbocycles. The molecule has 24 heavy (non-hydrogen) atoms. The summed E-state index contributed by atoms with van der Waals surface area (Å²) >= 11 is 0. The van der Waals surface area contributed by atoms with Crippen LogP contribution in [-0.2, 0) is 40.8 Å². The average molecular weight is 410 g/mol. The van der Waals surface area contributed by atoms with Crippen LogP contribution in [0.4, 0.5) is 0 Å². The van der Waals surface area contributed by atoms with E-state index >= 15 is 0 Å². The van der Waals surface area contributed by atoms with Crippen molar-refractivity contribution >= 4 is 23.4 Å². The second-order valence-electron chi connectivity index (χ2n) is 4.52. The van der Waals surface area contributed by atoms with Crippen LogP contribution in [0.5, 0.6) is 0 Å². The molecule has 2 atom stereocenters.